The Balaban J connectivity index is 1.61. The van der Waals surface area contributed by atoms with Crippen molar-refractivity contribution in [3.8, 4) is 18.1 Å². The van der Waals surface area contributed by atoms with E-state index < -0.39 is 0 Å². The van der Waals surface area contributed by atoms with Crippen molar-refractivity contribution < 1.29 is 9.84 Å². The number of nitrogens with zero attached hydrogens (tertiary/aromatic N) is 3. The van der Waals surface area contributed by atoms with Crippen molar-refractivity contribution in [1.82, 2.24) is 9.97 Å². The van der Waals surface area contributed by atoms with Gasteiger partial charge in [-0.2, -0.15) is 0 Å². The molecular weight excluding hydrogens is 328 g/mol. The predicted molar refractivity (Wildman–Crippen MR) is 102 cm³/mol. The molecule has 1 fully saturated rings. The fourth-order valence-corrected chi connectivity index (χ4v) is 3.00. The van der Waals surface area contributed by atoms with Crippen LogP contribution in [0.15, 0.2) is 42.6 Å². The topological polar surface area (TPSA) is 70.5 Å². The van der Waals surface area contributed by atoms with Crippen LogP contribution in [0.25, 0.3) is 10.9 Å². The Morgan fingerprint density at radius 3 is 2.85 bits per heavy atom. The molecule has 0 atom stereocenters. The van der Waals surface area contributed by atoms with Crippen molar-refractivity contribution >= 4 is 28.2 Å². The zero-order valence-corrected chi connectivity index (χ0v) is 14.1. The van der Waals surface area contributed by atoms with Crippen molar-refractivity contribution in [3.63, 3.8) is 0 Å². The van der Waals surface area contributed by atoms with E-state index in [1.807, 2.05) is 12.1 Å². The minimum Gasteiger partial charge on any atom is -0.506 e. The fourth-order valence-electron chi connectivity index (χ4n) is 3.00. The summed E-state index contributed by atoms with van der Waals surface area (Å²) in [5.41, 5.74) is 3.07. The van der Waals surface area contributed by atoms with Gasteiger partial charge in [-0.1, -0.05) is 12.0 Å². The normalized spacial score (nSPS) is 14.2. The van der Waals surface area contributed by atoms with Gasteiger partial charge in [0.15, 0.2) is 0 Å². The minimum atomic E-state index is 0.0444. The SMILES string of the molecule is C#Cc1cc(O)c2nc(Nc3cccc(N4CCOCC4)c3)ncc2c1. The summed E-state index contributed by atoms with van der Waals surface area (Å²) in [6.45, 7) is 3.23. The second kappa shape index (κ2) is 6.90. The van der Waals surface area contributed by atoms with Gasteiger partial charge in [-0.15, -0.1) is 6.42 Å². The Bertz CT molecular complexity index is 991. The van der Waals surface area contributed by atoms with Crippen LogP contribution < -0.4 is 10.2 Å². The van der Waals surface area contributed by atoms with Crippen molar-refractivity contribution in [2.45, 2.75) is 0 Å². The Kier molecular flexibility index (Phi) is 4.30. The van der Waals surface area contributed by atoms with Gasteiger partial charge in [0.2, 0.25) is 5.95 Å². The van der Waals surface area contributed by atoms with Crippen LogP contribution >= 0.6 is 0 Å². The standard InChI is InChI=1S/C20H18N4O2/c1-2-14-10-15-13-21-20(23-19(15)18(25)11-14)22-16-4-3-5-17(12-16)24-6-8-26-9-7-24/h1,3-5,10-13,25H,6-9H2,(H,21,22,23). The Morgan fingerprint density at radius 1 is 1.19 bits per heavy atom. The van der Waals surface area contributed by atoms with Gasteiger partial charge in [0.05, 0.1) is 13.2 Å². The summed E-state index contributed by atoms with van der Waals surface area (Å²) in [5.74, 6) is 2.97. The number of terminal acetylenes is 1. The molecule has 0 amide bonds. The summed E-state index contributed by atoms with van der Waals surface area (Å²) >= 11 is 0. The quantitative estimate of drug-likeness (QED) is 0.711. The maximum absolute atomic E-state index is 10.2. The average Bonchev–Trinajstić information content (AvgIpc) is 2.69. The molecule has 0 radical (unpaired) electrons. The highest BCUT2D eigenvalue weighted by Crippen LogP contribution is 2.27. The van der Waals surface area contributed by atoms with Crippen LogP contribution in [0, 0.1) is 12.3 Å². The lowest BCUT2D eigenvalue weighted by molar-refractivity contribution is 0.122. The van der Waals surface area contributed by atoms with Crippen molar-refractivity contribution in [2.24, 2.45) is 0 Å². The number of benzene rings is 2. The van der Waals surface area contributed by atoms with Gasteiger partial charge < -0.3 is 20.1 Å². The highest BCUT2D eigenvalue weighted by molar-refractivity contribution is 5.86. The minimum absolute atomic E-state index is 0.0444. The number of ether oxygens (including phenoxy) is 1. The summed E-state index contributed by atoms with van der Waals surface area (Å²) in [6.07, 6.45) is 7.04. The van der Waals surface area contributed by atoms with E-state index >= 15 is 0 Å². The van der Waals surface area contributed by atoms with Gasteiger partial charge in [-0.05, 0) is 30.3 Å². The summed E-state index contributed by atoms with van der Waals surface area (Å²) in [6, 6.07) is 11.4. The molecule has 1 aromatic heterocycles. The molecule has 0 unspecified atom stereocenters. The molecule has 2 heterocycles. The number of nitrogens with one attached hydrogen (secondary N) is 1. The van der Waals surface area contributed by atoms with Crippen molar-refractivity contribution in [2.75, 3.05) is 36.5 Å². The monoisotopic (exact) mass is 346 g/mol. The largest absolute Gasteiger partial charge is 0.506 e. The molecule has 0 spiro atoms. The lowest BCUT2D eigenvalue weighted by Gasteiger charge is -2.29. The summed E-state index contributed by atoms with van der Waals surface area (Å²) < 4.78 is 5.40. The first kappa shape index (κ1) is 16.2. The number of hydrogen-bond donors (Lipinski definition) is 2. The van der Waals surface area contributed by atoms with E-state index in [-0.39, 0.29) is 5.75 Å². The average molecular weight is 346 g/mol. The van der Waals surface area contributed by atoms with Crippen LogP contribution in [0.3, 0.4) is 0 Å². The number of fused-ring (bicyclic) bond motifs is 1. The first-order chi connectivity index (χ1) is 12.7. The van der Waals surface area contributed by atoms with Crippen LogP contribution in [-0.4, -0.2) is 41.4 Å². The van der Waals surface area contributed by atoms with Crippen LogP contribution in [0.5, 0.6) is 5.75 Å². The maximum atomic E-state index is 10.2. The molecule has 1 saturated heterocycles. The van der Waals surface area contributed by atoms with Gasteiger partial charge in [-0.3, -0.25) is 0 Å². The molecule has 26 heavy (non-hydrogen) atoms. The fraction of sp³-hybridized carbons (Fsp3) is 0.200. The molecule has 4 rings (SSSR count). The lowest BCUT2D eigenvalue weighted by Crippen LogP contribution is -2.36. The number of phenolic OH excluding ortho intramolecular Hbond substituents is 1. The number of rotatable bonds is 3. The van der Waals surface area contributed by atoms with Gasteiger partial charge in [0.25, 0.3) is 0 Å². The number of hydrogen-bond acceptors (Lipinski definition) is 6. The third-order valence-corrected chi connectivity index (χ3v) is 4.31. The molecule has 1 aliphatic rings. The number of aromatic nitrogens is 2. The second-order valence-electron chi connectivity index (χ2n) is 6.05. The Hall–Kier alpha value is -3.30. The molecule has 0 aliphatic carbocycles. The third-order valence-electron chi connectivity index (χ3n) is 4.31. The Morgan fingerprint density at radius 2 is 2.04 bits per heavy atom. The molecule has 6 heteroatoms. The van der Waals surface area contributed by atoms with Crippen LogP contribution in [0.2, 0.25) is 0 Å². The van der Waals surface area contributed by atoms with Crippen molar-refractivity contribution in [1.29, 1.82) is 0 Å². The number of anilines is 3. The smallest absolute Gasteiger partial charge is 0.227 e. The van der Waals surface area contributed by atoms with Crippen LogP contribution in [0.4, 0.5) is 17.3 Å². The molecule has 2 aromatic carbocycles. The first-order valence-corrected chi connectivity index (χ1v) is 8.39. The molecule has 0 saturated carbocycles. The van der Waals surface area contributed by atoms with Gasteiger partial charge >= 0.3 is 0 Å². The van der Waals surface area contributed by atoms with E-state index in [1.54, 1.807) is 12.3 Å². The highest BCUT2D eigenvalue weighted by atomic mass is 16.5. The molecule has 130 valence electrons. The molecule has 0 bridgehead atoms. The number of morpholine rings is 1. The molecule has 3 aromatic rings. The third kappa shape index (κ3) is 3.25. The molecule has 2 N–H and O–H groups in total. The van der Waals surface area contributed by atoms with E-state index in [9.17, 15) is 5.11 Å². The van der Waals surface area contributed by atoms with Gasteiger partial charge in [0.1, 0.15) is 11.3 Å². The van der Waals surface area contributed by atoms with E-state index in [0.717, 1.165) is 37.7 Å². The molecule has 1 aliphatic heterocycles. The summed E-state index contributed by atoms with van der Waals surface area (Å²) in [5, 5.41) is 14.1. The Labute approximate surface area is 151 Å². The van der Waals surface area contributed by atoms with E-state index in [2.05, 4.69) is 38.2 Å². The number of phenols is 1. The number of aromatic hydroxyl groups is 1. The van der Waals surface area contributed by atoms with Gasteiger partial charge in [-0.25, -0.2) is 9.97 Å². The highest BCUT2D eigenvalue weighted by Gasteiger charge is 2.12. The zero-order chi connectivity index (χ0) is 17.9. The summed E-state index contributed by atoms with van der Waals surface area (Å²) in [4.78, 5) is 11.0. The van der Waals surface area contributed by atoms with E-state index in [1.165, 1.54) is 6.07 Å². The second-order valence-corrected chi connectivity index (χ2v) is 6.05. The molecular formula is C20H18N4O2. The van der Waals surface area contributed by atoms with Crippen LogP contribution in [-0.2, 0) is 4.74 Å². The zero-order valence-electron chi connectivity index (χ0n) is 14.1. The summed E-state index contributed by atoms with van der Waals surface area (Å²) in [7, 11) is 0. The van der Waals surface area contributed by atoms with Crippen molar-refractivity contribution in [3.05, 3.63) is 48.2 Å². The van der Waals surface area contributed by atoms with E-state index in [4.69, 9.17) is 11.2 Å². The predicted octanol–water partition coefficient (Wildman–Crippen LogP) is 2.90. The molecule has 6 nitrogen and oxygen atoms in total. The van der Waals surface area contributed by atoms with Gasteiger partial charge in [0, 0.05) is 41.6 Å². The lowest BCUT2D eigenvalue weighted by atomic mass is 10.1. The first-order valence-electron chi connectivity index (χ1n) is 8.39. The maximum Gasteiger partial charge on any atom is 0.227 e. The van der Waals surface area contributed by atoms with Crippen LogP contribution in [0.1, 0.15) is 5.56 Å². The van der Waals surface area contributed by atoms with E-state index in [0.29, 0.717) is 22.4 Å².